The van der Waals surface area contributed by atoms with Gasteiger partial charge in [-0.25, -0.2) is 14.5 Å². The molecule has 0 saturated heterocycles. The maximum Gasteiger partial charge on any atom is 0.319 e. The molecule has 1 aliphatic heterocycles. The Balaban J connectivity index is 1.64. The fourth-order valence-corrected chi connectivity index (χ4v) is 3.13. The second kappa shape index (κ2) is 5.96. The van der Waals surface area contributed by atoms with Gasteiger partial charge in [0.2, 0.25) is 0 Å². The van der Waals surface area contributed by atoms with E-state index in [1.54, 1.807) is 6.33 Å². The largest absolute Gasteiger partial charge is 0.333 e. The summed E-state index contributed by atoms with van der Waals surface area (Å²) in [6, 6.07) is 3.53. The number of hydrogen-bond acceptors (Lipinski definition) is 3. The van der Waals surface area contributed by atoms with Crippen LogP contribution in [0.5, 0.6) is 0 Å². The van der Waals surface area contributed by atoms with E-state index in [2.05, 4.69) is 20.7 Å². The predicted octanol–water partition coefficient (Wildman–Crippen LogP) is 2.68. The van der Waals surface area contributed by atoms with E-state index in [1.165, 1.54) is 0 Å². The fraction of sp³-hybridized carbons (Fsp3) is 0.400. The predicted molar refractivity (Wildman–Crippen MR) is 85.2 cm³/mol. The number of rotatable bonds is 2. The van der Waals surface area contributed by atoms with Crippen LogP contribution in [0.1, 0.15) is 23.4 Å². The summed E-state index contributed by atoms with van der Waals surface area (Å²) in [6.45, 7) is 4.51. The molecule has 2 aromatic rings. The normalized spacial score (nSPS) is 17.0. The lowest BCUT2D eigenvalue weighted by molar-refractivity contribution is 0.243. The number of nitrogens with one attached hydrogen (secondary N) is 2. The van der Waals surface area contributed by atoms with Gasteiger partial charge in [-0.05, 0) is 43.5 Å². The van der Waals surface area contributed by atoms with Crippen LogP contribution in [0.15, 0.2) is 18.5 Å². The van der Waals surface area contributed by atoms with Gasteiger partial charge in [0.1, 0.15) is 12.2 Å². The molecule has 0 aliphatic carbocycles. The van der Waals surface area contributed by atoms with Gasteiger partial charge in [0.05, 0.1) is 12.6 Å². The van der Waals surface area contributed by atoms with E-state index in [-0.39, 0.29) is 12.1 Å². The molecule has 0 saturated carbocycles. The average Bonchev–Trinajstić information content (AvgIpc) is 2.90. The summed E-state index contributed by atoms with van der Waals surface area (Å²) < 4.78 is 1.84. The smallest absolute Gasteiger partial charge is 0.319 e. The molecule has 2 N–H and O–H groups in total. The van der Waals surface area contributed by atoms with Gasteiger partial charge in [0.15, 0.2) is 0 Å². The second-order valence-corrected chi connectivity index (χ2v) is 6.04. The summed E-state index contributed by atoms with van der Waals surface area (Å²) in [7, 11) is 0. The number of aryl methyl sites for hydroxylation is 3. The van der Waals surface area contributed by atoms with Crippen molar-refractivity contribution in [3.05, 3.63) is 40.4 Å². The van der Waals surface area contributed by atoms with E-state index in [0.717, 1.165) is 35.5 Å². The van der Waals surface area contributed by atoms with Crippen molar-refractivity contribution >= 4 is 23.3 Å². The maximum absolute atomic E-state index is 12.2. The van der Waals surface area contributed by atoms with Crippen LogP contribution in [0.25, 0.3) is 0 Å². The Morgan fingerprint density at radius 1 is 1.36 bits per heavy atom. The van der Waals surface area contributed by atoms with Crippen molar-refractivity contribution in [2.45, 2.75) is 39.3 Å². The first-order chi connectivity index (χ1) is 10.5. The van der Waals surface area contributed by atoms with Crippen LogP contribution in [-0.2, 0) is 13.0 Å². The molecule has 2 heterocycles. The van der Waals surface area contributed by atoms with Crippen molar-refractivity contribution in [1.82, 2.24) is 20.1 Å². The quantitative estimate of drug-likeness (QED) is 0.894. The zero-order valence-electron chi connectivity index (χ0n) is 12.6. The minimum absolute atomic E-state index is 0.0575. The third kappa shape index (κ3) is 3.06. The lowest BCUT2D eigenvalue weighted by atomic mass is 10.1. The lowest BCUT2D eigenvalue weighted by Crippen LogP contribution is -2.43. The van der Waals surface area contributed by atoms with Crippen molar-refractivity contribution < 1.29 is 4.79 Å². The standard InChI is InChI=1S/C15H18ClN5O/c1-9-5-11(16)6-10(2)14(9)20-15(22)19-12-3-4-13-17-8-18-21(13)7-12/h5-6,8,12H,3-4,7H2,1-2H3,(H2,19,20,22)/t12-/m0/s1. The van der Waals surface area contributed by atoms with Gasteiger partial charge in [0.25, 0.3) is 0 Å². The highest BCUT2D eigenvalue weighted by atomic mass is 35.5. The fourth-order valence-electron chi connectivity index (χ4n) is 2.80. The first-order valence-electron chi connectivity index (χ1n) is 7.24. The zero-order chi connectivity index (χ0) is 15.7. The number of anilines is 1. The molecule has 0 bridgehead atoms. The SMILES string of the molecule is Cc1cc(Cl)cc(C)c1NC(=O)N[C@H]1CCc2ncnn2C1. The van der Waals surface area contributed by atoms with Crippen LogP contribution >= 0.6 is 11.6 Å². The van der Waals surface area contributed by atoms with Crippen molar-refractivity contribution in [2.75, 3.05) is 5.32 Å². The molecule has 2 amide bonds. The van der Waals surface area contributed by atoms with Crippen LogP contribution in [-0.4, -0.2) is 26.8 Å². The number of halogens is 1. The van der Waals surface area contributed by atoms with Gasteiger partial charge in [-0.15, -0.1) is 0 Å². The highest BCUT2D eigenvalue weighted by Crippen LogP contribution is 2.24. The molecule has 1 aliphatic rings. The molecule has 1 aromatic heterocycles. The number of benzene rings is 1. The molecular formula is C15H18ClN5O. The first kappa shape index (κ1) is 14.8. The lowest BCUT2D eigenvalue weighted by Gasteiger charge is -2.24. The highest BCUT2D eigenvalue weighted by Gasteiger charge is 2.21. The van der Waals surface area contributed by atoms with Crippen molar-refractivity contribution in [1.29, 1.82) is 0 Å². The van der Waals surface area contributed by atoms with E-state index < -0.39 is 0 Å². The summed E-state index contributed by atoms with van der Waals surface area (Å²) in [5, 5.41) is 10.7. The Hall–Kier alpha value is -2.08. The Morgan fingerprint density at radius 3 is 2.82 bits per heavy atom. The van der Waals surface area contributed by atoms with Crippen LogP contribution < -0.4 is 10.6 Å². The van der Waals surface area contributed by atoms with Crippen molar-refractivity contribution in [3.8, 4) is 0 Å². The third-order valence-corrected chi connectivity index (χ3v) is 4.09. The molecule has 116 valence electrons. The number of urea groups is 1. The Bertz CT molecular complexity index is 689. The molecule has 0 unspecified atom stereocenters. The van der Waals surface area contributed by atoms with Gasteiger partial charge in [-0.2, -0.15) is 5.10 Å². The molecule has 7 heteroatoms. The van der Waals surface area contributed by atoms with Gasteiger partial charge in [-0.3, -0.25) is 0 Å². The van der Waals surface area contributed by atoms with Crippen molar-refractivity contribution in [3.63, 3.8) is 0 Å². The number of nitrogens with zero attached hydrogens (tertiary/aromatic N) is 3. The third-order valence-electron chi connectivity index (χ3n) is 3.88. The molecule has 0 fully saturated rings. The van der Waals surface area contributed by atoms with E-state index in [9.17, 15) is 4.79 Å². The monoisotopic (exact) mass is 319 g/mol. The average molecular weight is 320 g/mol. The molecule has 6 nitrogen and oxygen atoms in total. The number of carbonyl (C=O) groups is 1. The molecule has 1 atom stereocenters. The molecule has 1 aromatic carbocycles. The van der Waals surface area contributed by atoms with Crippen LogP contribution in [0, 0.1) is 13.8 Å². The van der Waals surface area contributed by atoms with Crippen LogP contribution in [0.3, 0.4) is 0 Å². The van der Waals surface area contributed by atoms with Gasteiger partial charge in [-0.1, -0.05) is 11.6 Å². The first-order valence-corrected chi connectivity index (χ1v) is 7.61. The number of hydrogen-bond donors (Lipinski definition) is 2. The van der Waals surface area contributed by atoms with Gasteiger partial charge in [0, 0.05) is 17.1 Å². The number of aromatic nitrogens is 3. The minimum atomic E-state index is -0.206. The Morgan fingerprint density at radius 2 is 2.09 bits per heavy atom. The van der Waals surface area contributed by atoms with Crippen LogP contribution in [0.4, 0.5) is 10.5 Å². The Kier molecular flexibility index (Phi) is 4.02. The van der Waals surface area contributed by atoms with Gasteiger partial charge < -0.3 is 10.6 Å². The summed E-state index contributed by atoms with van der Waals surface area (Å²) in [5.41, 5.74) is 2.70. The molecular weight excluding hydrogens is 302 g/mol. The van der Waals surface area contributed by atoms with E-state index >= 15 is 0 Å². The summed E-state index contributed by atoms with van der Waals surface area (Å²) in [6.07, 6.45) is 3.24. The second-order valence-electron chi connectivity index (χ2n) is 5.61. The molecule has 22 heavy (non-hydrogen) atoms. The zero-order valence-corrected chi connectivity index (χ0v) is 13.3. The molecule has 3 rings (SSSR count). The van der Waals surface area contributed by atoms with E-state index in [1.807, 2.05) is 30.7 Å². The molecule has 0 radical (unpaired) electrons. The molecule has 0 spiro atoms. The number of carbonyl (C=O) groups excluding carboxylic acids is 1. The van der Waals surface area contributed by atoms with E-state index in [4.69, 9.17) is 11.6 Å². The number of amides is 2. The summed E-state index contributed by atoms with van der Waals surface area (Å²) in [4.78, 5) is 16.4. The summed E-state index contributed by atoms with van der Waals surface area (Å²) in [5.74, 6) is 0.975. The number of fused-ring (bicyclic) bond motifs is 1. The topological polar surface area (TPSA) is 71.8 Å². The highest BCUT2D eigenvalue weighted by molar-refractivity contribution is 6.30. The van der Waals surface area contributed by atoms with E-state index in [0.29, 0.717) is 11.6 Å². The minimum Gasteiger partial charge on any atom is -0.333 e. The van der Waals surface area contributed by atoms with Gasteiger partial charge >= 0.3 is 6.03 Å². The van der Waals surface area contributed by atoms with Crippen LogP contribution in [0.2, 0.25) is 5.02 Å². The summed E-state index contributed by atoms with van der Waals surface area (Å²) >= 11 is 6.01. The maximum atomic E-state index is 12.2. The van der Waals surface area contributed by atoms with Crippen molar-refractivity contribution in [2.24, 2.45) is 0 Å². The Labute approximate surface area is 133 Å².